The van der Waals surface area contributed by atoms with Crippen molar-refractivity contribution in [3.63, 3.8) is 0 Å². The van der Waals surface area contributed by atoms with E-state index in [-0.39, 0.29) is 30.3 Å². The van der Waals surface area contributed by atoms with Gasteiger partial charge in [-0.05, 0) is 47.9 Å². The maximum Gasteiger partial charge on any atom is 0.338 e. The quantitative estimate of drug-likeness (QED) is 0.503. The first-order valence-corrected chi connectivity index (χ1v) is 12.1. The lowest BCUT2D eigenvalue weighted by Gasteiger charge is -2.39. The number of ether oxygens (including phenoxy) is 1. The molecular weight excluding hydrogens is 414 g/mol. The van der Waals surface area contributed by atoms with E-state index in [0.29, 0.717) is 30.0 Å². The van der Waals surface area contributed by atoms with Crippen LogP contribution in [0.4, 0.5) is 5.69 Å². The van der Waals surface area contributed by atoms with Gasteiger partial charge in [0.1, 0.15) is 6.61 Å². The zero-order valence-electron chi connectivity index (χ0n) is 19.7. The fraction of sp³-hybridized carbons (Fsp3) is 0.500. The molecule has 0 spiro atoms. The number of esters is 1. The summed E-state index contributed by atoms with van der Waals surface area (Å²) in [5.74, 6) is -0.0819. The molecule has 176 valence electrons. The van der Waals surface area contributed by atoms with Crippen LogP contribution in [0.5, 0.6) is 0 Å². The van der Waals surface area contributed by atoms with Gasteiger partial charge in [-0.3, -0.25) is 4.79 Å². The number of hydrogen-bond acceptors (Lipinski definition) is 4. The maximum absolute atomic E-state index is 13.1. The second-order valence-electron chi connectivity index (χ2n) is 10.5. The molecule has 5 nitrogen and oxygen atoms in total. The van der Waals surface area contributed by atoms with Gasteiger partial charge >= 0.3 is 5.97 Å². The molecule has 2 N–H and O–H groups in total. The molecule has 1 atom stereocenters. The average Bonchev–Trinajstić information content (AvgIpc) is 3.14. The van der Waals surface area contributed by atoms with Gasteiger partial charge < -0.3 is 15.2 Å². The van der Waals surface area contributed by atoms with Crippen molar-refractivity contribution in [2.45, 2.75) is 82.8 Å². The van der Waals surface area contributed by atoms with Gasteiger partial charge in [-0.1, -0.05) is 76.3 Å². The van der Waals surface area contributed by atoms with Crippen molar-refractivity contribution in [3.05, 3.63) is 65.2 Å². The molecule has 1 fully saturated rings. The number of carbonyl (C=O) groups excluding carboxylic acids is 2. The Morgan fingerprint density at radius 3 is 2.55 bits per heavy atom. The number of benzene rings is 2. The van der Waals surface area contributed by atoms with Crippen LogP contribution in [-0.4, -0.2) is 22.6 Å². The Hall–Kier alpha value is -2.66. The molecule has 2 aromatic rings. The maximum atomic E-state index is 13.1. The van der Waals surface area contributed by atoms with Crippen LogP contribution in [0.15, 0.2) is 48.5 Å². The number of anilines is 1. The van der Waals surface area contributed by atoms with Crippen molar-refractivity contribution in [3.8, 4) is 0 Å². The Kier molecular flexibility index (Phi) is 6.89. The van der Waals surface area contributed by atoms with Gasteiger partial charge in [-0.15, -0.1) is 0 Å². The van der Waals surface area contributed by atoms with Crippen molar-refractivity contribution in [1.82, 2.24) is 0 Å². The van der Waals surface area contributed by atoms with Gasteiger partial charge in [0.15, 0.2) is 0 Å². The monoisotopic (exact) mass is 449 g/mol. The summed E-state index contributed by atoms with van der Waals surface area (Å²) in [6.45, 7) is 4.52. The predicted octanol–water partition coefficient (Wildman–Crippen LogP) is 5.76. The lowest BCUT2D eigenvalue weighted by Crippen LogP contribution is -2.41. The van der Waals surface area contributed by atoms with E-state index >= 15 is 0 Å². The third-order valence-corrected chi connectivity index (χ3v) is 7.18. The van der Waals surface area contributed by atoms with E-state index in [1.54, 1.807) is 18.2 Å². The number of hydrogen-bond donors (Lipinski definition) is 2. The molecule has 1 saturated carbocycles. The van der Waals surface area contributed by atoms with Gasteiger partial charge in [0.05, 0.1) is 17.6 Å². The number of nitrogens with one attached hydrogen (secondary N) is 1. The van der Waals surface area contributed by atoms with E-state index in [2.05, 4.69) is 31.3 Å². The molecule has 1 amide bonds. The first-order valence-electron chi connectivity index (χ1n) is 12.1. The minimum absolute atomic E-state index is 0.0479. The summed E-state index contributed by atoms with van der Waals surface area (Å²) in [5.41, 5.74) is 1.75. The van der Waals surface area contributed by atoms with Crippen LogP contribution in [0.25, 0.3) is 0 Å². The highest BCUT2D eigenvalue weighted by atomic mass is 16.5. The first-order chi connectivity index (χ1) is 15.7. The largest absolute Gasteiger partial charge is 0.457 e. The summed E-state index contributed by atoms with van der Waals surface area (Å²) in [6.07, 6.45) is 7.10. The standard InChI is InChI=1S/C28H35NO4/c1-27(2,22-11-7-4-8-12-22)19-28(32,16-20-9-5-3-6-10-20)17-25(30)29-23-13-14-24-21(15-23)18-33-26(24)31/h4,7-8,11-15,20,32H,3,5-6,9-10,16-19H2,1-2H3,(H,29,30). The zero-order valence-corrected chi connectivity index (χ0v) is 19.7. The van der Waals surface area contributed by atoms with Crippen LogP contribution in [0.3, 0.4) is 0 Å². The molecule has 1 aliphatic carbocycles. The van der Waals surface area contributed by atoms with Crippen LogP contribution in [0.2, 0.25) is 0 Å². The molecule has 0 saturated heterocycles. The van der Waals surface area contributed by atoms with E-state index in [4.69, 9.17) is 4.74 Å². The normalized spacial score (nSPS) is 18.3. The Labute approximate surface area is 196 Å². The van der Waals surface area contributed by atoms with Gasteiger partial charge in [0, 0.05) is 11.3 Å². The molecule has 1 heterocycles. The van der Waals surface area contributed by atoms with E-state index in [0.717, 1.165) is 24.0 Å². The van der Waals surface area contributed by atoms with Gasteiger partial charge in [0.2, 0.25) is 5.91 Å². The van der Waals surface area contributed by atoms with Gasteiger partial charge in [-0.2, -0.15) is 0 Å². The van der Waals surface area contributed by atoms with Gasteiger partial charge in [0.25, 0.3) is 0 Å². The Morgan fingerprint density at radius 1 is 1.09 bits per heavy atom. The van der Waals surface area contributed by atoms with E-state index in [1.165, 1.54) is 19.3 Å². The summed E-state index contributed by atoms with van der Waals surface area (Å²) >= 11 is 0. The summed E-state index contributed by atoms with van der Waals surface area (Å²) in [5, 5.41) is 14.8. The number of aliphatic hydroxyl groups is 1. The molecule has 5 heteroatoms. The Bertz CT molecular complexity index is 994. The highest BCUT2D eigenvalue weighted by Gasteiger charge is 2.39. The van der Waals surface area contributed by atoms with Crippen molar-refractivity contribution in [2.75, 3.05) is 5.32 Å². The number of fused-ring (bicyclic) bond motifs is 1. The first kappa shape index (κ1) is 23.5. The van der Waals surface area contributed by atoms with Crippen LogP contribution in [-0.2, 0) is 21.6 Å². The minimum Gasteiger partial charge on any atom is -0.457 e. The van der Waals surface area contributed by atoms with E-state index in [9.17, 15) is 14.7 Å². The Balaban J connectivity index is 1.50. The molecular formula is C28H35NO4. The number of rotatable bonds is 8. The lowest BCUT2D eigenvalue weighted by atomic mass is 9.70. The summed E-state index contributed by atoms with van der Waals surface area (Å²) < 4.78 is 5.05. The van der Waals surface area contributed by atoms with Crippen LogP contribution >= 0.6 is 0 Å². The molecule has 2 aromatic carbocycles. The van der Waals surface area contributed by atoms with Crippen LogP contribution < -0.4 is 5.32 Å². The minimum atomic E-state index is -1.10. The molecule has 1 aliphatic heterocycles. The third kappa shape index (κ3) is 5.83. The van der Waals surface area contributed by atoms with E-state index in [1.807, 2.05) is 18.2 Å². The second kappa shape index (κ2) is 9.68. The SMILES string of the molecule is CC(C)(CC(O)(CC(=O)Nc1ccc2c(c1)COC2=O)CC1CCCCC1)c1ccccc1. The topological polar surface area (TPSA) is 75.6 Å². The number of cyclic esters (lactones) is 1. The molecule has 0 aromatic heterocycles. The second-order valence-corrected chi connectivity index (χ2v) is 10.5. The third-order valence-electron chi connectivity index (χ3n) is 7.18. The summed E-state index contributed by atoms with van der Waals surface area (Å²) in [7, 11) is 0. The smallest absolute Gasteiger partial charge is 0.338 e. The average molecular weight is 450 g/mol. The fourth-order valence-corrected chi connectivity index (χ4v) is 5.66. The highest BCUT2D eigenvalue weighted by Crippen LogP contribution is 2.40. The highest BCUT2D eigenvalue weighted by molar-refractivity contribution is 5.96. The summed E-state index contributed by atoms with van der Waals surface area (Å²) in [6, 6.07) is 15.4. The van der Waals surface area contributed by atoms with Crippen molar-refractivity contribution in [2.24, 2.45) is 5.92 Å². The fourth-order valence-electron chi connectivity index (χ4n) is 5.66. The zero-order chi connectivity index (χ0) is 23.5. The molecule has 33 heavy (non-hydrogen) atoms. The van der Waals surface area contributed by atoms with Crippen molar-refractivity contribution < 1.29 is 19.4 Å². The number of amides is 1. The molecule has 0 bridgehead atoms. The van der Waals surface area contributed by atoms with Crippen LogP contribution in [0, 0.1) is 5.92 Å². The van der Waals surface area contributed by atoms with Gasteiger partial charge in [-0.25, -0.2) is 4.79 Å². The number of carbonyl (C=O) groups is 2. The van der Waals surface area contributed by atoms with Crippen LogP contribution in [0.1, 0.15) is 86.7 Å². The molecule has 1 unspecified atom stereocenters. The van der Waals surface area contributed by atoms with Crippen molar-refractivity contribution >= 4 is 17.6 Å². The summed E-state index contributed by atoms with van der Waals surface area (Å²) in [4.78, 5) is 24.8. The molecule has 2 aliphatic rings. The predicted molar refractivity (Wildman–Crippen MR) is 129 cm³/mol. The molecule has 0 radical (unpaired) electrons. The lowest BCUT2D eigenvalue weighted by molar-refractivity contribution is -0.123. The Morgan fingerprint density at radius 2 is 1.82 bits per heavy atom. The molecule has 4 rings (SSSR count). The van der Waals surface area contributed by atoms with E-state index < -0.39 is 5.60 Å². The van der Waals surface area contributed by atoms with Crippen molar-refractivity contribution in [1.29, 1.82) is 0 Å².